The average Bonchev–Trinajstić information content (AvgIpc) is 2.18. The second-order valence-electron chi connectivity index (χ2n) is 3.83. The number of hydrogen-bond donors (Lipinski definition) is 1. The fraction of sp³-hybridized carbons (Fsp3) is 1.00. The molecule has 1 N–H and O–H groups in total. The van der Waals surface area contributed by atoms with Crippen molar-refractivity contribution in [1.82, 2.24) is 9.62 Å². The van der Waals surface area contributed by atoms with Crippen molar-refractivity contribution in [3.05, 3.63) is 0 Å². The first kappa shape index (κ1) is 12.9. The van der Waals surface area contributed by atoms with Gasteiger partial charge in [-0.2, -0.15) is 4.31 Å². The van der Waals surface area contributed by atoms with Crippen molar-refractivity contribution < 1.29 is 13.2 Å². The molecule has 15 heavy (non-hydrogen) atoms. The molecule has 5 nitrogen and oxygen atoms in total. The molecule has 90 valence electrons. The van der Waals surface area contributed by atoms with Gasteiger partial charge in [0.15, 0.2) is 0 Å². The lowest BCUT2D eigenvalue weighted by molar-refractivity contribution is 0.198. The number of nitrogens with one attached hydrogen (secondary N) is 1. The molecule has 0 spiro atoms. The van der Waals surface area contributed by atoms with Crippen molar-refractivity contribution in [2.75, 3.05) is 39.1 Å². The highest BCUT2D eigenvalue weighted by molar-refractivity contribution is 7.89. The number of nitrogens with zero attached hydrogens (tertiary/aromatic N) is 1. The van der Waals surface area contributed by atoms with Crippen LogP contribution in [0.1, 0.15) is 13.3 Å². The zero-order valence-corrected chi connectivity index (χ0v) is 10.2. The summed E-state index contributed by atoms with van der Waals surface area (Å²) in [6, 6.07) is 0.0614. The van der Waals surface area contributed by atoms with E-state index in [4.69, 9.17) is 4.74 Å². The van der Waals surface area contributed by atoms with E-state index in [0.29, 0.717) is 19.6 Å². The molecule has 0 bridgehead atoms. The van der Waals surface area contributed by atoms with E-state index in [2.05, 4.69) is 5.32 Å². The molecule has 0 unspecified atom stereocenters. The second-order valence-corrected chi connectivity index (χ2v) is 5.87. The molecule has 0 aliphatic carbocycles. The quantitative estimate of drug-likeness (QED) is 0.663. The van der Waals surface area contributed by atoms with E-state index in [1.54, 1.807) is 11.4 Å². The number of hydrogen-bond acceptors (Lipinski definition) is 4. The number of rotatable bonds is 5. The molecule has 1 fully saturated rings. The molecule has 0 aromatic rings. The van der Waals surface area contributed by atoms with E-state index in [1.807, 2.05) is 6.92 Å². The van der Waals surface area contributed by atoms with Crippen LogP contribution in [0.3, 0.4) is 0 Å². The average molecular weight is 236 g/mol. The van der Waals surface area contributed by atoms with Crippen LogP contribution >= 0.6 is 0 Å². The number of piperazine rings is 1. The summed E-state index contributed by atoms with van der Waals surface area (Å²) in [6.07, 6.45) is 0.565. The van der Waals surface area contributed by atoms with Crippen molar-refractivity contribution in [1.29, 1.82) is 0 Å². The summed E-state index contributed by atoms with van der Waals surface area (Å²) in [4.78, 5) is 0. The SMILES string of the molecule is COCCCS(=O)(=O)N1CCNC[C@H]1C. The summed E-state index contributed by atoms with van der Waals surface area (Å²) in [5.74, 6) is 0.186. The van der Waals surface area contributed by atoms with Crippen LogP contribution in [0.25, 0.3) is 0 Å². The number of sulfonamides is 1. The molecule has 0 amide bonds. The van der Waals surface area contributed by atoms with Gasteiger partial charge in [0.05, 0.1) is 5.75 Å². The van der Waals surface area contributed by atoms with Crippen molar-refractivity contribution in [2.24, 2.45) is 0 Å². The van der Waals surface area contributed by atoms with Crippen LogP contribution in [0.2, 0.25) is 0 Å². The molecule has 1 aliphatic rings. The summed E-state index contributed by atoms with van der Waals surface area (Å²) in [7, 11) is -1.51. The summed E-state index contributed by atoms with van der Waals surface area (Å²) in [5, 5.41) is 3.17. The molecule has 6 heteroatoms. The van der Waals surface area contributed by atoms with Crippen molar-refractivity contribution in [3.8, 4) is 0 Å². The van der Waals surface area contributed by atoms with Gasteiger partial charge in [-0.3, -0.25) is 0 Å². The topological polar surface area (TPSA) is 58.6 Å². The first-order chi connectivity index (χ1) is 7.08. The standard InChI is InChI=1S/C9H20N2O3S/c1-9-8-10-4-5-11(9)15(12,13)7-3-6-14-2/h9-10H,3-8H2,1-2H3/t9-/m1/s1. The summed E-state index contributed by atoms with van der Waals surface area (Å²) in [6.45, 7) is 4.49. The normalized spacial score (nSPS) is 24.3. The Bertz CT molecular complexity index is 279. The fourth-order valence-electron chi connectivity index (χ4n) is 1.74. The van der Waals surface area contributed by atoms with Gasteiger partial charge < -0.3 is 10.1 Å². The highest BCUT2D eigenvalue weighted by Crippen LogP contribution is 2.10. The van der Waals surface area contributed by atoms with E-state index in [9.17, 15) is 8.42 Å². The minimum absolute atomic E-state index is 0.0614. The molecular weight excluding hydrogens is 216 g/mol. The summed E-state index contributed by atoms with van der Waals surface area (Å²) >= 11 is 0. The Morgan fingerprint density at radius 3 is 2.87 bits per heavy atom. The second kappa shape index (κ2) is 5.79. The Kier molecular flexibility index (Phi) is 4.98. The lowest BCUT2D eigenvalue weighted by Gasteiger charge is -2.32. The minimum Gasteiger partial charge on any atom is -0.385 e. The molecule has 1 atom stereocenters. The zero-order valence-electron chi connectivity index (χ0n) is 9.40. The maximum absolute atomic E-state index is 11.9. The molecule has 0 aromatic heterocycles. The van der Waals surface area contributed by atoms with Gasteiger partial charge in [-0.15, -0.1) is 0 Å². The summed E-state index contributed by atoms with van der Waals surface area (Å²) in [5.41, 5.74) is 0. The van der Waals surface area contributed by atoms with Crippen molar-refractivity contribution >= 4 is 10.0 Å². The monoisotopic (exact) mass is 236 g/mol. The maximum Gasteiger partial charge on any atom is 0.214 e. The molecule has 1 heterocycles. The van der Waals surface area contributed by atoms with E-state index in [1.165, 1.54) is 0 Å². The van der Waals surface area contributed by atoms with Gasteiger partial charge in [-0.25, -0.2) is 8.42 Å². The first-order valence-corrected chi connectivity index (χ1v) is 6.88. The van der Waals surface area contributed by atoms with E-state index < -0.39 is 10.0 Å². The molecule has 0 radical (unpaired) electrons. The van der Waals surface area contributed by atoms with Crippen LogP contribution in [-0.4, -0.2) is 57.9 Å². The smallest absolute Gasteiger partial charge is 0.214 e. The van der Waals surface area contributed by atoms with Crippen molar-refractivity contribution in [2.45, 2.75) is 19.4 Å². The van der Waals surface area contributed by atoms with Crippen molar-refractivity contribution in [3.63, 3.8) is 0 Å². The van der Waals surface area contributed by atoms with E-state index in [0.717, 1.165) is 13.1 Å². The van der Waals surface area contributed by atoms with Crippen LogP contribution < -0.4 is 5.32 Å². The Morgan fingerprint density at radius 1 is 1.53 bits per heavy atom. The van der Waals surface area contributed by atoms with Gasteiger partial charge in [0.2, 0.25) is 10.0 Å². The van der Waals surface area contributed by atoms with Crippen LogP contribution in [0.4, 0.5) is 0 Å². The number of ether oxygens (including phenoxy) is 1. The van der Waals surface area contributed by atoms with Crippen LogP contribution in [0.5, 0.6) is 0 Å². The minimum atomic E-state index is -3.09. The third-order valence-corrected chi connectivity index (χ3v) is 4.61. The summed E-state index contributed by atoms with van der Waals surface area (Å²) < 4.78 is 30.3. The zero-order chi connectivity index (χ0) is 11.3. The predicted octanol–water partition coefficient (Wildman–Crippen LogP) is -0.354. The maximum atomic E-state index is 11.9. The highest BCUT2D eigenvalue weighted by Gasteiger charge is 2.28. The third-order valence-electron chi connectivity index (χ3n) is 2.55. The number of methoxy groups -OCH3 is 1. The van der Waals surface area contributed by atoms with Gasteiger partial charge in [-0.05, 0) is 13.3 Å². The first-order valence-electron chi connectivity index (χ1n) is 5.27. The van der Waals surface area contributed by atoms with Crippen LogP contribution in [0, 0.1) is 0 Å². The molecule has 0 aromatic carbocycles. The highest BCUT2D eigenvalue weighted by atomic mass is 32.2. The predicted molar refractivity (Wildman–Crippen MR) is 59.3 cm³/mol. The third kappa shape index (κ3) is 3.71. The Balaban J connectivity index is 2.51. The fourth-order valence-corrected chi connectivity index (χ4v) is 3.45. The van der Waals surface area contributed by atoms with Crippen LogP contribution in [0.15, 0.2) is 0 Å². The van der Waals surface area contributed by atoms with Gasteiger partial charge in [0, 0.05) is 39.4 Å². The Hall–Kier alpha value is -0.170. The lowest BCUT2D eigenvalue weighted by atomic mass is 10.3. The Labute approximate surface area is 91.8 Å². The van der Waals surface area contributed by atoms with Crippen LogP contribution in [-0.2, 0) is 14.8 Å². The Morgan fingerprint density at radius 2 is 2.27 bits per heavy atom. The largest absolute Gasteiger partial charge is 0.385 e. The van der Waals surface area contributed by atoms with E-state index >= 15 is 0 Å². The van der Waals surface area contributed by atoms with E-state index in [-0.39, 0.29) is 11.8 Å². The molecule has 0 saturated carbocycles. The van der Waals surface area contributed by atoms with Gasteiger partial charge in [-0.1, -0.05) is 0 Å². The molecular formula is C9H20N2O3S. The van der Waals surface area contributed by atoms with Gasteiger partial charge >= 0.3 is 0 Å². The molecule has 1 saturated heterocycles. The van der Waals surface area contributed by atoms with Gasteiger partial charge in [0.25, 0.3) is 0 Å². The van der Waals surface area contributed by atoms with Gasteiger partial charge in [0.1, 0.15) is 0 Å². The molecule has 1 aliphatic heterocycles. The lowest BCUT2D eigenvalue weighted by Crippen LogP contribution is -2.52. The molecule has 1 rings (SSSR count).